The van der Waals surface area contributed by atoms with Crippen LogP contribution in [-0.4, -0.2) is 14.0 Å². The van der Waals surface area contributed by atoms with Gasteiger partial charge in [0.15, 0.2) is 0 Å². The van der Waals surface area contributed by atoms with Crippen LogP contribution in [0.5, 0.6) is 0 Å². The quantitative estimate of drug-likeness (QED) is 0.628. The van der Waals surface area contributed by atoms with E-state index in [4.69, 9.17) is 12.2 Å². The number of sulfonamides is 1. The minimum atomic E-state index is -3.94. The van der Waals surface area contributed by atoms with Crippen LogP contribution in [0.4, 0.5) is 10.1 Å². The van der Waals surface area contributed by atoms with E-state index in [2.05, 4.69) is 10.6 Å². The molecule has 3 N–H and O–H groups in total. The summed E-state index contributed by atoms with van der Waals surface area (Å²) in [5, 5.41) is 0. The number of rotatable bonds is 3. The molecule has 0 spiro atoms. The van der Waals surface area contributed by atoms with Crippen LogP contribution in [0.25, 0.3) is 0 Å². The standard InChI is InChI=1S/C11H13FN2O2S/c1-4-11(2,3)14-17(15,16)10-7-8(12)5-6-9(10)13/h1,5-7,14H,13H2,2-3H3. The fraction of sp³-hybridized carbons (Fsp3) is 0.273. The summed E-state index contributed by atoms with van der Waals surface area (Å²) in [5.74, 6) is 1.59. The Morgan fingerprint density at radius 2 is 2.06 bits per heavy atom. The van der Waals surface area contributed by atoms with E-state index in [1.807, 2.05) is 0 Å². The highest BCUT2D eigenvalue weighted by Crippen LogP contribution is 2.20. The Morgan fingerprint density at radius 3 is 2.59 bits per heavy atom. The smallest absolute Gasteiger partial charge is 0.244 e. The number of nitrogens with one attached hydrogen (secondary N) is 1. The van der Waals surface area contributed by atoms with Gasteiger partial charge in [-0.2, -0.15) is 4.72 Å². The average molecular weight is 256 g/mol. The summed E-state index contributed by atoms with van der Waals surface area (Å²) in [4.78, 5) is -0.319. The third kappa shape index (κ3) is 3.19. The molecule has 0 bridgehead atoms. The Bertz CT molecular complexity index is 574. The molecule has 0 heterocycles. The van der Waals surface area contributed by atoms with E-state index in [0.29, 0.717) is 0 Å². The summed E-state index contributed by atoms with van der Waals surface area (Å²) >= 11 is 0. The Balaban J connectivity index is 3.24. The zero-order valence-corrected chi connectivity index (χ0v) is 10.3. The number of terminal acetylenes is 1. The van der Waals surface area contributed by atoms with Gasteiger partial charge in [-0.25, -0.2) is 12.8 Å². The first-order valence-electron chi connectivity index (χ1n) is 4.75. The topological polar surface area (TPSA) is 72.2 Å². The van der Waals surface area contributed by atoms with Gasteiger partial charge in [0.2, 0.25) is 10.0 Å². The molecule has 17 heavy (non-hydrogen) atoms. The van der Waals surface area contributed by atoms with Gasteiger partial charge in [0.25, 0.3) is 0 Å². The summed E-state index contributed by atoms with van der Waals surface area (Å²) in [7, 11) is -3.94. The molecule has 0 atom stereocenters. The molecule has 0 aliphatic carbocycles. The molecular weight excluding hydrogens is 243 g/mol. The first-order valence-corrected chi connectivity index (χ1v) is 6.23. The maximum Gasteiger partial charge on any atom is 0.244 e. The second kappa shape index (κ2) is 4.35. The molecule has 0 aliphatic rings. The molecule has 1 aromatic rings. The number of hydrogen-bond donors (Lipinski definition) is 2. The highest BCUT2D eigenvalue weighted by atomic mass is 32.2. The van der Waals surface area contributed by atoms with Crippen molar-refractivity contribution in [2.75, 3.05) is 5.73 Å². The third-order valence-corrected chi connectivity index (χ3v) is 3.73. The summed E-state index contributed by atoms with van der Waals surface area (Å²) in [6.45, 7) is 3.03. The molecule has 92 valence electrons. The summed E-state index contributed by atoms with van der Waals surface area (Å²) < 4.78 is 39.1. The molecule has 0 saturated carbocycles. The minimum Gasteiger partial charge on any atom is -0.398 e. The molecular formula is C11H13FN2O2S. The largest absolute Gasteiger partial charge is 0.398 e. The van der Waals surface area contributed by atoms with Crippen molar-refractivity contribution < 1.29 is 12.8 Å². The minimum absolute atomic E-state index is 0.0354. The summed E-state index contributed by atoms with van der Waals surface area (Å²) in [6, 6.07) is 3.12. The zero-order chi connectivity index (χ0) is 13.3. The zero-order valence-electron chi connectivity index (χ0n) is 9.49. The first kappa shape index (κ1) is 13.5. The monoisotopic (exact) mass is 256 g/mol. The van der Waals surface area contributed by atoms with Gasteiger partial charge in [-0.1, -0.05) is 5.92 Å². The number of nitrogens with two attached hydrogens (primary N) is 1. The van der Waals surface area contributed by atoms with Crippen LogP contribution in [0.3, 0.4) is 0 Å². The number of hydrogen-bond acceptors (Lipinski definition) is 3. The van der Waals surface area contributed by atoms with Crippen LogP contribution in [0, 0.1) is 18.2 Å². The van der Waals surface area contributed by atoms with Gasteiger partial charge >= 0.3 is 0 Å². The van der Waals surface area contributed by atoms with Crippen molar-refractivity contribution in [1.29, 1.82) is 0 Å². The first-order chi connectivity index (χ1) is 7.68. The fourth-order valence-corrected chi connectivity index (χ4v) is 2.65. The van der Waals surface area contributed by atoms with Crippen LogP contribution >= 0.6 is 0 Å². The van der Waals surface area contributed by atoms with E-state index in [1.165, 1.54) is 19.9 Å². The average Bonchev–Trinajstić information content (AvgIpc) is 2.20. The molecule has 1 aromatic carbocycles. The van der Waals surface area contributed by atoms with Crippen LogP contribution in [-0.2, 0) is 10.0 Å². The van der Waals surface area contributed by atoms with Crippen molar-refractivity contribution in [1.82, 2.24) is 4.72 Å². The van der Waals surface area contributed by atoms with Gasteiger partial charge < -0.3 is 5.73 Å². The van der Waals surface area contributed by atoms with Crippen molar-refractivity contribution in [2.45, 2.75) is 24.3 Å². The second-order valence-corrected chi connectivity index (χ2v) is 5.71. The third-order valence-electron chi connectivity index (χ3n) is 2.02. The van der Waals surface area contributed by atoms with Gasteiger partial charge in [0.05, 0.1) is 11.2 Å². The maximum absolute atomic E-state index is 13.0. The molecule has 0 amide bonds. The molecule has 0 fully saturated rings. The lowest BCUT2D eigenvalue weighted by Gasteiger charge is -2.20. The molecule has 6 heteroatoms. The van der Waals surface area contributed by atoms with E-state index in [0.717, 1.165) is 12.1 Å². The van der Waals surface area contributed by atoms with Gasteiger partial charge in [-0.3, -0.25) is 0 Å². The van der Waals surface area contributed by atoms with Crippen molar-refractivity contribution >= 4 is 15.7 Å². The predicted octanol–water partition coefficient (Wildman–Crippen LogP) is 1.10. The van der Waals surface area contributed by atoms with Gasteiger partial charge in [-0.05, 0) is 32.0 Å². The number of halogens is 1. The Kier molecular flexibility index (Phi) is 3.45. The van der Waals surface area contributed by atoms with Crippen LogP contribution in [0.15, 0.2) is 23.1 Å². The Labute approximate surface area is 100 Å². The molecule has 0 radical (unpaired) electrons. The van der Waals surface area contributed by atoms with E-state index in [9.17, 15) is 12.8 Å². The predicted molar refractivity (Wildman–Crippen MR) is 64.0 cm³/mol. The highest BCUT2D eigenvalue weighted by molar-refractivity contribution is 7.89. The van der Waals surface area contributed by atoms with E-state index in [1.54, 1.807) is 0 Å². The van der Waals surface area contributed by atoms with E-state index >= 15 is 0 Å². The van der Waals surface area contributed by atoms with Gasteiger partial charge in [0, 0.05) is 0 Å². The van der Waals surface area contributed by atoms with E-state index in [-0.39, 0.29) is 10.6 Å². The van der Waals surface area contributed by atoms with Gasteiger partial charge in [0.1, 0.15) is 10.7 Å². The fourth-order valence-electron chi connectivity index (χ4n) is 1.16. The van der Waals surface area contributed by atoms with Crippen molar-refractivity contribution in [2.24, 2.45) is 0 Å². The van der Waals surface area contributed by atoms with Crippen LogP contribution in [0.1, 0.15) is 13.8 Å². The number of benzene rings is 1. The molecule has 4 nitrogen and oxygen atoms in total. The maximum atomic E-state index is 13.0. The molecule has 0 saturated heterocycles. The van der Waals surface area contributed by atoms with Crippen molar-refractivity contribution in [3.63, 3.8) is 0 Å². The van der Waals surface area contributed by atoms with E-state index < -0.39 is 21.4 Å². The normalized spacial score (nSPS) is 12.1. The molecule has 1 rings (SSSR count). The van der Waals surface area contributed by atoms with Crippen molar-refractivity contribution in [3.8, 4) is 12.3 Å². The second-order valence-electron chi connectivity index (χ2n) is 4.06. The number of anilines is 1. The lowest BCUT2D eigenvalue weighted by Crippen LogP contribution is -2.42. The van der Waals surface area contributed by atoms with Crippen molar-refractivity contribution in [3.05, 3.63) is 24.0 Å². The van der Waals surface area contributed by atoms with Crippen LogP contribution < -0.4 is 10.5 Å². The summed E-state index contributed by atoms with van der Waals surface area (Å²) in [5.41, 5.74) is 4.39. The number of nitrogen functional groups attached to an aromatic ring is 1. The highest BCUT2D eigenvalue weighted by Gasteiger charge is 2.26. The Hall–Kier alpha value is -1.58. The SMILES string of the molecule is C#CC(C)(C)NS(=O)(=O)c1cc(F)ccc1N. The Morgan fingerprint density at radius 1 is 1.47 bits per heavy atom. The molecule has 0 aliphatic heterocycles. The lowest BCUT2D eigenvalue weighted by atomic mass is 10.1. The lowest BCUT2D eigenvalue weighted by molar-refractivity contribution is 0.538. The molecule has 0 unspecified atom stereocenters. The molecule has 0 aromatic heterocycles. The summed E-state index contributed by atoms with van der Waals surface area (Å²) in [6.07, 6.45) is 5.18. The van der Waals surface area contributed by atoms with Gasteiger partial charge in [-0.15, -0.1) is 6.42 Å². The van der Waals surface area contributed by atoms with Crippen LogP contribution in [0.2, 0.25) is 0 Å².